The number of nitrogens with zero attached hydrogens (tertiary/aromatic N) is 6. The van der Waals surface area contributed by atoms with Crippen LogP contribution in [0.2, 0.25) is 5.28 Å². The van der Waals surface area contributed by atoms with Gasteiger partial charge in [0.05, 0.1) is 11.7 Å². The molecule has 0 radical (unpaired) electrons. The fourth-order valence-corrected chi connectivity index (χ4v) is 3.35. The summed E-state index contributed by atoms with van der Waals surface area (Å²) in [5.41, 5.74) is 2.33. The van der Waals surface area contributed by atoms with Crippen molar-refractivity contribution >= 4 is 23.1 Å². The van der Waals surface area contributed by atoms with Gasteiger partial charge in [-0.1, -0.05) is 6.92 Å². The van der Waals surface area contributed by atoms with E-state index in [-0.39, 0.29) is 17.1 Å². The Morgan fingerprint density at radius 1 is 1.21 bits per heavy atom. The normalized spacial score (nSPS) is 16.0. The summed E-state index contributed by atoms with van der Waals surface area (Å²) in [5.74, 6) is 1.17. The van der Waals surface area contributed by atoms with Crippen LogP contribution in [0.25, 0.3) is 5.69 Å². The van der Waals surface area contributed by atoms with Crippen molar-refractivity contribution in [3.8, 4) is 5.69 Å². The lowest BCUT2D eigenvalue weighted by atomic mass is 10.1. The fourth-order valence-electron chi connectivity index (χ4n) is 3.14. The van der Waals surface area contributed by atoms with E-state index in [0.717, 1.165) is 29.3 Å². The molecule has 24 heavy (non-hydrogen) atoms. The van der Waals surface area contributed by atoms with Gasteiger partial charge in [0, 0.05) is 5.69 Å². The molecule has 2 aromatic heterocycles. The van der Waals surface area contributed by atoms with E-state index in [1.165, 1.54) is 12.1 Å². The lowest BCUT2D eigenvalue weighted by molar-refractivity contribution is 0.586. The van der Waals surface area contributed by atoms with Crippen LogP contribution in [0.4, 0.5) is 15.9 Å². The van der Waals surface area contributed by atoms with Crippen molar-refractivity contribution in [1.82, 2.24) is 24.7 Å². The molecule has 122 valence electrons. The number of hydrogen-bond donors (Lipinski definition) is 0. The molecule has 0 amide bonds. The van der Waals surface area contributed by atoms with Gasteiger partial charge in [-0.25, -0.2) is 9.37 Å². The van der Waals surface area contributed by atoms with Crippen molar-refractivity contribution < 1.29 is 4.39 Å². The first-order valence-electron chi connectivity index (χ1n) is 7.59. The monoisotopic (exact) mass is 344 g/mol. The predicted molar refractivity (Wildman–Crippen MR) is 88.3 cm³/mol. The van der Waals surface area contributed by atoms with Gasteiger partial charge in [-0.3, -0.25) is 4.57 Å². The second kappa shape index (κ2) is 5.52. The van der Waals surface area contributed by atoms with Gasteiger partial charge in [0.15, 0.2) is 11.6 Å². The summed E-state index contributed by atoms with van der Waals surface area (Å²) >= 11 is 6.10. The Hall–Kier alpha value is -2.54. The molecular weight excluding hydrogens is 331 g/mol. The van der Waals surface area contributed by atoms with Crippen molar-refractivity contribution in [2.45, 2.75) is 26.3 Å². The van der Waals surface area contributed by atoms with Gasteiger partial charge < -0.3 is 4.90 Å². The van der Waals surface area contributed by atoms with E-state index in [1.54, 1.807) is 18.5 Å². The van der Waals surface area contributed by atoms with Gasteiger partial charge >= 0.3 is 0 Å². The van der Waals surface area contributed by atoms with Crippen molar-refractivity contribution in [1.29, 1.82) is 0 Å². The minimum atomic E-state index is -0.288. The number of benzene rings is 1. The number of anilines is 2. The lowest BCUT2D eigenvalue weighted by Gasteiger charge is -2.37. The van der Waals surface area contributed by atoms with Gasteiger partial charge in [-0.05, 0) is 49.2 Å². The highest BCUT2D eigenvalue weighted by Crippen LogP contribution is 2.43. The van der Waals surface area contributed by atoms with Gasteiger partial charge in [0.2, 0.25) is 5.28 Å². The van der Waals surface area contributed by atoms with E-state index in [2.05, 4.69) is 27.1 Å². The average molecular weight is 345 g/mol. The molecule has 3 aromatic rings. The van der Waals surface area contributed by atoms with Gasteiger partial charge in [0.25, 0.3) is 0 Å². The highest BCUT2D eigenvalue weighted by Gasteiger charge is 2.35. The van der Waals surface area contributed by atoms with Crippen LogP contribution >= 0.6 is 11.6 Å². The fraction of sp³-hybridized carbons (Fsp3) is 0.250. The molecule has 3 heterocycles. The number of hydrogen-bond acceptors (Lipinski definition) is 5. The second-order valence-corrected chi connectivity index (χ2v) is 5.92. The largest absolute Gasteiger partial charge is 0.314 e. The molecule has 4 rings (SSSR count). The Labute approximate surface area is 142 Å². The first-order valence-corrected chi connectivity index (χ1v) is 7.97. The number of fused-ring (bicyclic) bond motifs is 3. The smallest absolute Gasteiger partial charge is 0.224 e. The maximum absolute atomic E-state index is 13.4. The van der Waals surface area contributed by atoms with Gasteiger partial charge in [-0.2, -0.15) is 4.98 Å². The van der Waals surface area contributed by atoms with Gasteiger partial charge in [0.1, 0.15) is 17.8 Å². The Morgan fingerprint density at radius 3 is 2.67 bits per heavy atom. The van der Waals surface area contributed by atoms with Crippen molar-refractivity contribution in [2.24, 2.45) is 0 Å². The molecule has 1 aliphatic rings. The quantitative estimate of drug-likeness (QED) is 0.662. The molecule has 8 heteroatoms. The minimum absolute atomic E-state index is 0.0872. The van der Waals surface area contributed by atoms with Crippen LogP contribution < -0.4 is 4.90 Å². The summed E-state index contributed by atoms with van der Waals surface area (Å²) in [6.45, 7) is 3.92. The standard InChI is InChI=1S/C16H14ClFN6/c1-3-12-14-22-19-8-23(14)13-9(2)20-16(17)21-15(13)24(12)11-6-4-10(18)5-7-11/h4-8,12H,3H2,1-2H3. The van der Waals surface area contributed by atoms with Crippen LogP contribution in [0.15, 0.2) is 30.6 Å². The molecule has 0 N–H and O–H groups in total. The second-order valence-electron chi connectivity index (χ2n) is 5.58. The highest BCUT2D eigenvalue weighted by atomic mass is 35.5. The summed E-state index contributed by atoms with van der Waals surface area (Å²) in [6, 6.07) is 6.21. The highest BCUT2D eigenvalue weighted by molar-refractivity contribution is 6.28. The zero-order valence-corrected chi connectivity index (χ0v) is 13.9. The third kappa shape index (κ3) is 2.16. The molecule has 0 bridgehead atoms. The van der Waals surface area contributed by atoms with Crippen LogP contribution in [0.5, 0.6) is 0 Å². The van der Waals surface area contributed by atoms with Crippen LogP contribution in [-0.2, 0) is 0 Å². The summed E-state index contributed by atoms with van der Waals surface area (Å²) in [7, 11) is 0. The molecule has 0 aliphatic carbocycles. The van der Waals surface area contributed by atoms with E-state index in [1.807, 2.05) is 16.4 Å². The molecule has 0 saturated heterocycles. The third-order valence-electron chi connectivity index (χ3n) is 4.16. The van der Waals surface area contributed by atoms with Crippen LogP contribution in [-0.4, -0.2) is 24.7 Å². The average Bonchev–Trinajstić information content (AvgIpc) is 3.03. The summed E-state index contributed by atoms with van der Waals surface area (Å²) < 4.78 is 15.3. The molecule has 6 nitrogen and oxygen atoms in total. The summed E-state index contributed by atoms with van der Waals surface area (Å²) in [5, 5.41) is 8.49. The molecule has 1 atom stereocenters. The van der Waals surface area contributed by atoms with E-state index >= 15 is 0 Å². The summed E-state index contributed by atoms with van der Waals surface area (Å²) in [6.07, 6.45) is 2.43. The Balaban J connectivity index is 2.01. The zero-order chi connectivity index (χ0) is 16.8. The first-order chi connectivity index (χ1) is 11.6. The van der Waals surface area contributed by atoms with E-state index in [4.69, 9.17) is 11.6 Å². The molecule has 0 spiro atoms. The SMILES string of the molecule is CCC1c2nncn2-c2c(C)nc(Cl)nc2N1c1ccc(F)cc1. The van der Waals surface area contributed by atoms with Crippen LogP contribution in [0.3, 0.4) is 0 Å². The Bertz CT molecular complexity index is 907. The molecule has 0 fully saturated rings. The predicted octanol–water partition coefficient (Wildman–Crippen LogP) is 3.76. The maximum Gasteiger partial charge on any atom is 0.224 e. The van der Waals surface area contributed by atoms with E-state index in [0.29, 0.717) is 5.82 Å². The number of halogens is 2. The lowest BCUT2D eigenvalue weighted by Crippen LogP contribution is -2.32. The Kier molecular flexibility index (Phi) is 3.45. The molecule has 1 aliphatic heterocycles. The van der Waals surface area contributed by atoms with Crippen molar-refractivity contribution in [2.75, 3.05) is 4.90 Å². The van der Waals surface area contributed by atoms with Crippen molar-refractivity contribution in [3.63, 3.8) is 0 Å². The van der Waals surface area contributed by atoms with Crippen LogP contribution in [0, 0.1) is 12.7 Å². The minimum Gasteiger partial charge on any atom is -0.314 e. The molecule has 1 aromatic carbocycles. The Morgan fingerprint density at radius 2 is 1.96 bits per heavy atom. The third-order valence-corrected chi connectivity index (χ3v) is 4.33. The van der Waals surface area contributed by atoms with Crippen molar-refractivity contribution in [3.05, 3.63) is 53.2 Å². The van der Waals surface area contributed by atoms with Crippen LogP contribution in [0.1, 0.15) is 30.9 Å². The maximum atomic E-state index is 13.4. The first kappa shape index (κ1) is 15.0. The molecular formula is C16H14ClFN6. The number of aromatic nitrogens is 5. The summed E-state index contributed by atoms with van der Waals surface area (Å²) in [4.78, 5) is 10.7. The van der Waals surface area contributed by atoms with E-state index in [9.17, 15) is 4.39 Å². The molecule has 0 saturated carbocycles. The molecule has 1 unspecified atom stereocenters. The topological polar surface area (TPSA) is 59.7 Å². The van der Waals surface area contributed by atoms with E-state index < -0.39 is 0 Å². The number of rotatable bonds is 2. The number of aryl methyl sites for hydroxylation is 1. The van der Waals surface area contributed by atoms with Gasteiger partial charge in [-0.15, -0.1) is 10.2 Å². The zero-order valence-electron chi connectivity index (χ0n) is 13.1.